The van der Waals surface area contributed by atoms with Gasteiger partial charge in [-0.05, 0) is 35.6 Å². The van der Waals surface area contributed by atoms with Crippen molar-refractivity contribution in [3.63, 3.8) is 0 Å². The first-order valence-electron chi connectivity index (χ1n) is 5.84. The third-order valence-electron chi connectivity index (χ3n) is 2.76. The van der Waals surface area contributed by atoms with Crippen LogP contribution in [-0.4, -0.2) is 11.5 Å². The number of benzene rings is 2. The van der Waals surface area contributed by atoms with Crippen molar-refractivity contribution in [1.29, 1.82) is 0 Å². The molecule has 1 unspecified atom stereocenters. The fourth-order valence-corrected chi connectivity index (χ4v) is 3.52. The summed E-state index contributed by atoms with van der Waals surface area (Å²) in [7, 11) is 0. The van der Waals surface area contributed by atoms with E-state index >= 15 is 0 Å². The van der Waals surface area contributed by atoms with Crippen LogP contribution in [0.3, 0.4) is 0 Å². The lowest BCUT2D eigenvalue weighted by atomic mass is 10.0. The highest BCUT2D eigenvalue weighted by atomic mass is 79.9. The lowest BCUT2D eigenvalue weighted by Gasteiger charge is -2.14. The van der Waals surface area contributed by atoms with Gasteiger partial charge in [0.25, 0.3) is 0 Å². The molecule has 0 saturated heterocycles. The number of thioether (sulfide) groups is 1. The van der Waals surface area contributed by atoms with Crippen LogP contribution in [0.1, 0.15) is 11.5 Å². The number of halogens is 1. The molecule has 0 amide bonds. The molecule has 0 aromatic heterocycles. The van der Waals surface area contributed by atoms with E-state index in [1.165, 1.54) is 10.5 Å². The van der Waals surface area contributed by atoms with Crippen molar-refractivity contribution in [1.82, 2.24) is 0 Å². The summed E-state index contributed by atoms with van der Waals surface area (Å²) in [4.78, 5) is 1.31. The van der Waals surface area contributed by atoms with E-state index in [0.29, 0.717) is 5.92 Å². The maximum absolute atomic E-state index is 4.47. The van der Waals surface area contributed by atoms with Crippen LogP contribution < -0.4 is 0 Å². The molecule has 0 spiro atoms. The Bertz CT molecular complexity index is 468. The molecule has 2 aromatic rings. The monoisotopic (exact) mass is 338 g/mol. The largest absolute Gasteiger partial charge is 0.179 e. The first-order valence-corrected chi connectivity index (χ1v) is 8.25. The highest BCUT2D eigenvalue weighted by Crippen LogP contribution is 2.27. The van der Waals surface area contributed by atoms with E-state index in [2.05, 4.69) is 83.2 Å². The van der Waals surface area contributed by atoms with Gasteiger partial charge >= 0.3 is 0 Å². The standard InChI is InChI=1S/C15H15BrS2/c16-14-6-8-15(9-7-14)18-11-13(10-17)12-4-2-1-3-5-12/h1-9,13,17H,10-11H2. The smallest absolute Gasteiger partial charge is 0.0176 e. The molecule has 1 atom stereocenters. The van der Waals surface area contributed by atoms with Crippen molar-refractivity contribution < 1.29 is 0 Å². The molecule has 0 nitrogen and oxygen atoms in total. The Morgan fingerprint density at radius 2 is 1.67 bits per heavy atom. The Morgan fingerprint density at radius 1 is 1.00 bits per heavy atom. The second-order valence-electron chi connectivity index (χ2n) is 4.06. The Hall–Kier alpha value is -0.380. The van der Waals surface area contributed by atoms with Gasteiger partial charge in [0.15, 0.2) is 0 Å². The van der Waals surface area contributed by atoms with Crippen molar-refractivity contribution in [2.24, 2.45) is 0 Å². The van der Waals surface area contributed by atoms with E-state index < -0.39 is 0 Å². The van der Waals surface area contributed by atoms with E-state index in [0.717, 1.165) is 16.0 Å². The van der Waals surface area contributed by atoms with Crippen LogP contribution in [0.25, 0.3) is 0 Å². The highest BCUT2D eigenvalue weighted by molar-refractivity contribution is 9.10. The van der Waals surface area contributed by atoms with E-state index in [-0.39, 0.29) is 0 Å². The molecule has 0 fully saturated rings. The van der Waals surface area contributed by atoms with Crippen LogP contribution in [0, 0.1) is 0 Å². The summed E-state index contributed by atoms with van der Waals surface area (Å²) in [6.45, 7) is 0. The third-order valence-corrected chi connectivity index (χ3v) is 4.90. The molecule has 2 aromatic carbocycles. The molecule has 0 heterocycles. The zero-order chi connectivity index (χ0) is 12.8. The van der Waals surface area contributed by atoms with E-state index in [1.807, 2.05) is 11.8 Å². The Balaban J connectivity index is 1.97. The predicted molar refractivity (Wildman–Crippen MR) is 87.9 cm³/mol. The van der Waals surface area contributed by atoms with Crippen LogP contribution in [0.5, 0.6) is 0 Å². The van der Waals surface area contributed by atoms with Crippen molar-refractivity contribution in [2.75, 3.05) is 11.5 Å². The quantitative estimate of drug-likeness (QED) is 0.573. The van der Waals surface area contributed by atoms with E-state index in [9.17, 15) is 0 Å². The van der Waals surface area contributed by atoms with Gasteiger partial charge in [-0.1, -0.05) is 46.3 Å². The summed E-state index contributed by atoms with van der Waals surface area (Å²) < 4.78 is 1.13. The Morgan fingerprint density at radius 3 is 2.28 bits per heavy atom. The number of hydrogen-bond donors (Lipinski definition) is 1. The SMILES string of the molecule is SCC(CSc1ccc(Br)cc1)c1ccccc1. The molecule has 3 heteroatoms. The molecule has 0 N–H and O–H groups in total. The van der Waals surface area contributed by atoms with Crippen LogP contribution in [0.15, 0.2) is 64.0 Å². The summed E-state index contributed by atoms with van der Waals surface area (Å²) in [5, 5.41) is 0. The fraction of sp³-hybridized carbons (Fsp3) is 0.200. The van der Waals surface area contributed by atoms with Gasteiger partial charge in [-0.3, -0.25) is 0 Å². The van der Waals surface area contributed by atoms with Gasteiger partial charge in [0.05, 0.1) is 0 Å². The second-order valence-corrected chi connectivity index (χ2v) is 6.43. The van der Waals surface area contributed by atoms with E-state index in [1.54, 1.807) is 0 Å². The topological polar surface area (TPSA) is 0 Å². The first-order chi connectivity index (χ1) is 8.79. The molecule has 0 bridgehead atoms. The van der Waals surface area contributed by atoms with Crippen molar-refractivity contribution >= 4 is 40.3 Å². The zero-order valence-electron chi connectivity index (χ0n) is 9.92. The summed E-state index contributed by atoms with van der Waals surface area (Å²) in [6.07, 6.45) is 0. The maximum Gasteiger partial charge on any atom is 0.0176 e. The lowest BCUT2D eigenvalue weighted by molar-refractivity contribution is 0.898. The average molecular weight is 339 g/mol. The summed E-state index contributed by atoms with van der Waals surface area (Å²) >= 11 is 9.81. The molecular formula is C15H15BrS2. The molecule has 94 valence electrons. The van der Waals surface area contributed by atoms with Crippen LogP contribution in [0.2, 0.25) is 0 Å². The van der Waals surface area contributed by atoms with Gasteiger partial charge in [-0.15, -0.1) is 11.8 Å². The lowest BCUT2D eigenvalue weighted by Crippen LogP contribution is -2.03. The van der Waals surface area contributed by atoms with Crippen molar-refractivity contribution in [3.05, 3.63) is 64.6 Å². The number of hydrogen-bond acceptors (Lipinski definition) is 2. The summed E-state index contributed by atoms with van der Waals surface area (Å²) in [6, 6.07) is 19.1. The van der Waals surface area contributed by atoms with Crippen LogP contribution >= 0.6 is 40.3 Å². The van der Waals surface area contributed by atoms with E-state index in [4.69, 9.17) is 0 Å². The van der Waals surface area contributed by atoms with Crippen LogP contribution in [-0.2, 0) is 0 Å². The van der Waals surface area contributed by atoms with Gasteiger partial charge in [0.1, 0.15) is 0 Å². The van der Waals surface area contributed by atoms with Gasteiger partial charge < -0.3 is 0 Å². The Labute approximate surface area is 127 Å². The molecule has 0 aliphatic rings. The van der Waals surface area contributed by atoms with Gasteiger partial charge in [0.2, 0.25) is 0 Å². The summed E-state index contributed by atoms with van der Waals surface area (Å²) in [5.74, 6) is 2.45. The molecule has 0 saturated carbocycles. The van der Waals surface area contributed by atoms with Gasteiger partial charge in [-0.25, -0.2) is 0 Å². The minimum absolute atomic E-state index is 0.503. The minimum atomic E-state index is 0.503. The molecule has 0 aliphatic carbocycles. The number of rotatable bonds is 5. The Kier molecular flexibility index (Phi) is 5.67. The van der Waals surface area contributed by atoms with Gasteiger partial charge in [-0.2, -0.15) is 12.6 Å². The second kappa shape index (κ2) is 7.27. The zero-order valence-corrected chi connectivity index (χ0v) is 13.2. The molecule has 0 aliphatic heterocycles. The third kappa shape index (κ3) is 4.08. The molecule has 0 radical (unpaired) electrons. The average Bonchev–Trinajstić information content (AvgIpc) is 2.43. The minimum Gasteiger partial charge on any atom is -0.179 e. The maximum atomic E-state index is 4.47. The van der Waals surface area contributed by atoms with Crippen molar-refractivity contribution in [3.8, 4) is 0 Å². The summed E-state index contributed by atoms with van der Waals surface area (Å²) in [5.41, 5.74) is 1.37. The normalized spacial score (nSPS) is 12.3. The molecular weight excluding hydrogens is 324 g/mol. The van der Waals surface area contributed by atoms with Gasteiger partial charge in [0, 0.05) is 21.0 Å². The van der Waals surface area contributed by atoms with Crippen molar-refractivity contribution in [2.45, 2.75) is 10.8 Å². The molecule has 18 heavy (non-hydrogen) atoms. The van der Waals surface area contributed by atoms with Crippen LogP contribution in [0.4, 0.5) is 0 Å². The fourth-order valence-electron chi connectivity index (χ4n) is 1.71. The first kappa shape index (κ1) is 14.0. The highest BCUT2D eigenvalue weighted by Gasteiger charge is 2.09. The molecule has 2 rings (SSSR count). The predicted octanol–water partition coefficient (Wildman–Crippen LogP) is 5.25. The number of thiol groups is 1.